The summed E-state index contributed by atoms with van der Waals surface area (Å²) in [7, 11) is 0. The largest absolute Gasteiger partial charge is 0.481 e. The van der Waals surface area contributed by atoms with Gasteiger partial charge in [0.25, 0.3) is 0 Å². The molecule has 14 heavy (non-hydrogen) atoms. The van der Waals surface area contributed by atoms with E-state index in [1.165, 1.54) is 0 Å². The number of rotatable bonds is 8. The van der Waals surface area contributed by atoms with Crippen LogP contribution in [0.2, 0.25) is 0 Å². The van der Waals surface area contributed by atoms with Crippen LogP contribution < -0.4 is 0 Å². The molecule has 0 aromatic heterocycles. The number of hydrogen-bond donors (Lipinski definition) is 2. The monoisotopic (exact) mass is 200 g/mol. The standard InChI is InChI=1S/C10H16O4/c11-9(12)7-5-3-1-2-4-6-8-10(13)14/h1,3H,2,4-8H2,(H,11,12)(H,13,14)/b3-1-. The van der Waals surface area contributed by atoms with Gasteiger partial charge in [-0.3, -0.25) is 9.59 Å². The summed E-state index contributed by atoms with van der Waals surface area (Å²) in [5, 5.41) is 16.6. The van der Waals surface area contributed by atoms with Gasteiger partial charge in [-0.2, -0.15) is 0 Å². The van der Waals surface area contributed by atoms with Crippen LogP contribution in [-0.2, 0) is 9.59 Å². The van der Waals surface area contributed by atoms with Crippen LogP contribution in [0.15, 0.2) is 12.2 Å². The smallest absolute Gasteiger partial charge is 0.303 e. The highest BCUT2D eigenvalue weighted by atomic mass is 16.4. The third-order valence-electron chi connectivity index (χ3n) is 1.70. The lowest BCUT2D eigenvalue weighted by Gasteiger charge is -1.93. The topological polar surface area (TPSA) is 74.6 Å². The molecule has 0 atom stereocenters. The van der Waals surface area contributed by atoms with Gasteiger partial charge in [0.2, 0.25) is 0 Å². The maximum atomic E-state index is 10.1. The molecule has 4 heteroatoms. The zero-order valence-electron chi connectivity index (χ0n) is 8.11. The second kappa shape index (κ2) is 8.29. The van der Waals surface area contributed by atoms with Crippen molar-refractivity contribution in [2.75, 3.05) is 0 Å². The lowest BCUT2D eigenvalue weighted by atomic mass is 10.2. The Hall–Kier alpha value is -1.32. The van der Waals surface area contributed by atoms with Crippen LogP contribution in [0.1, 0.15) is 38.5 Å². The highest BCUT2D eigenvalue weighted by Crippen LogP contribution is 2.01. The average Bonchev–Trinajstić information content (AvgIpc) is 2.08. The molecule has 0 saturated carbocycles. The lowest BCUT2D eigenvalue weighted by molar-refractivity contribution is -0.138. The van der Waals surface area contributed by atoms with Gasteiger partial charge in [-0.25, -0.2) is 0 Å². The van der Waals surface area contributed by atoms with Crippen LogP contribution in [0.5, 0.6) is 0 Å². The molecule has 0 fully saturated rings. The summed E-state index contributed by atoms with van der Waals surface area (Å²) >= 11 is 0. The molecule has 80 valence electrons. The first kappa shape index (κ1) is 12.7. The van der Waals surface area contributed by atoms with E-state index >= 15 is 0 Å². The summed E-state index contributed by atoms with van der Waals surface area (Å²) in [5.41, 5.74) is 0. The SMILES string of the molecule is O=C(O)CC/C=C\CCCCC(=O)O. The van der Waals surface area contributed by atoms with Crippen LogP contribution >= 0.6 is 0 Å². The van der Waals surface area contributed by atoms with E-state index < -0.39 is 11.9 Å². The summed E-state index contributed by atoms with van der Waals surface area (Å²) in [5.74, 6) is -1.56. The number of unbranched alkanes of at least 4 members (excludes halogenated alkanes) is 2. The van der Waals surface area contributed by atoms with Crippen molar-refractivity contribution in [3.05, 3.63) is 12.2 Å². The maximum absolute atomic E-state index is 10.1. The van der Waals surface area contributed by atoms with E-state index in [1.807, 2.05) is 12.2 Å². The normalized spacial score (nSPS) is 10.6. The zero-order chi connectivity index (χ0) is 10.8. The third-order valence-corrected chi connectivity index (χ3v) is 1.70. The van der Waals surface area contributed by atoms with Crippen LogP contribution in [0.4, 0.5) is 0 Å². The van der Waals surface area contributed by atoms with E-state index in [-0.39, 0.29) is 12.8 Å². The molecule has 0 heterocycles. The van der Waals surface area contributed by atoms with Gasteiger partial charge in [0.05, 0.1) is 0 Å². The summed E-state index contributed by atoms with van der Waals surface area (Å²) in [6.45, 7) is 0. The molecule has 0 aliphatic rings. The summed E-state index contributed by atoms with van der Waals surface area (Å²) in [6.07, 6.45) is 7.00. The highest BCUT2D eigenvalue weighted by Gasteiger charge is 1.94. The molecular weight excluding hydrogens is 184 g/mol. The number of carbonyl (C=O) groups is 2. The van der Waals surface area contributed by atoms with Crippen molar-refractivity contribution in [2.24, 2.45) is 0 Å². The second-order valence-corrected chi connectivity index (χ2v) is 3.04. The number of hydrogen-bond acceptors (Lipinski definition) is 2. The second-order valence-electron chi connectivity index (χ2n) is 3.04. The summed E-state index contributed by atoms with van der Waals surface area (Å²) in [4.78, 5) is 20.2. The van der Waals surface area contributed by atoms with Gasteiger partial charge in [-0.05, 0) is 25.7 Å². The van der Waals surface area contributed by atoms with Gasteiger partial charge in [0, 0.05) is 12.8 Å². The lowest BCUT2D eigenvalue weighted by Crippen LogP contribution is -1.93. The van der Waals surface area contributed by atoms with E-state index in [1.54, 1.807) is 0 Å². The van der Waals surface area contributed by atoms with Crippen molar-refractivity contribution in [3.63, 3.8) is 0 Å². The summed E-state index contributed by atoms with van der Waals surface area (Å²) in [6, 6.07) is 0. The highest BCUT2D eigenvalue weighted by molar-refractivity contribution is 5.67. The Morgan fingerprint density at radius 1 is 0.857 bits per heavy atom. The molecule has 0 aromatic rings. The molecular formula is C10H16O4. The zero-order valence-corrected chi connectivity index (χ0v) is 8.11. The van der Waals surface area contributed by atoms with Crippen molar-refractivity contribution in [3.8, 4) is 0 Å². The molecule has 0 aromatic carbocycles. The van der Waals surface area contributed by atoms with Gasteiger partial charge >= 0.3 is 11.9 Å². The van der Waals surface area contributed by atoms with Crippen molar-refractivity contribution in [1.82, 2.24) is 0 Å². The van der Waals surface area contributed by atoms with E-state index in [4.69, 9.17) is 10.2 Å². The quantitative estimate of drug-likeness (QED) is 0.464. The molecule has 2 N–H and O–H groups in total. The fraction of sp³-hybridized carbons (Fsp3) is 0.600. The van der Waals surface area contributed by atoms with Crippen LogP contribution in [-0.4, -0.2) is 22.2 Å². The predicted molar refractivity (Wildman–Crippen MR) is 52.1 cm³/mol. The Labute approximate surface area is 83.2 Å². The van der Waals surface area contributed by atoms with E-state index in [9.17, 15) is 9.59 Å². The molecule has 0 rings (SSSR count). The molecule has 0 spiro atoms. The van der Waals surface area contributed by atoms with Gasteiger partial charge in [0.1, 0.15) is 0 Å². The average molecular weight is 200 g/mol. The van der Waals surface area contributed by atoms with Crippen LogP contribution in [0, 0.1) is 0 Å². The molecule has 0 radical (unpaired) electrons. The molecule has 0 aliphatic carbocycles. The van der Waals surface area contributed by atoms with Crippen molar-refractivity contribution < 1.29 is 19.8 Å². The molecule has 0 amide bonds. The van der Waals surface area contributed by atoms with E-state index in [2.05, 4.69) is 0 Å². The molecule has 4 nitrogen and oxygen atoms in total. The Balaban J connectivity index is 3.19. The Kier molecular flexibility index (Phi) is 7.50. The maximum Gasteiger partial charge on any atom is 0.303 e. The molecule has 0 aliphatic heterocycles. The van der Waals surface area contributed by atoms with E-state index in [0.29, 0.717) is 12.8 Å². The van der Waals surface area contributed by atoms with Crippen molar-refractivity contribution >= 4 is 11.9 Å². The van der Waals surface area contributed by atoms with Gasteiger partial charge < -0.3 is 10.2 Å². The van der Waals surface area contributed by atoms with Crippen LogP contribution in [0.3, 0.4) is 0 Å². The van der Waals surface area contributed by atoms with Gasteiger partial charge in [0.15, 0.2) is 0 Å². The summed E-state index contributed by atoms with van der Waals surface area (Å²) < 4.78 is 0. The predicted octanol–water partition coefficient (Wildman–Crippen LogP) is 2.05. The first-order valence-electron chi connectivity index (χ1n) is 4.71. The van der Waals surface area contributed by atoms with Gasteiger partial charge in [-0.15, -0.1) is 0 Å². The minimum Gasteiger partial charge on any atom is -0.481 e. The fourth-order valence-corrected chi connectivity index (χ4v) is 0.981. The third kappa shape index (κ3) is 10.7. The first-order chi connectivity index (χ1) is 6.63. The molecule has 0 unspecified atom stereocenters. The van der Waals surface area contributed by atoms with E-state index in [0.717, 1.165) is 12.8 Å². The minimum absolute atomic E-state index is 0.158. The van der Waals surface area contributed by atoms with Crippen molar-refractivity contribution in [2.45, 2.75) is 38.5 Å². The molecule has 0 saturated heterocycles. The van der Waals surface area contributed by atoms with Crippen LogP contribution in [0.25, 0.3) is 0 Å². The number of carboxylic acid groups (broad SMARTS) is 2. The fourth-order valence-electron chi connectivity index (χ4n) is 0.981. The number of allylic oxidation sites excluding steroid dienone is 2. The number of carboxylic acids is 2. The number of aliphatic carboxylic acids is 2. The Morgan fingerprint density at radius 2 is 1.43 bits per heavy atom. The Morgan fingerprint density at radius 3 is 2.00 bits per heavy atom. The molecule has 0 bridgehead atoms. The van der Waals surface area contributed by atoms with Crippen molar-refractivity contribution in [1.29, 1.82) is 0 Å². The minimum atomic E-state index is -0.791. The Bertz CT molecular complexity index is 208. The van der Waals surface area contributed by atoms with Gasteiger partial charge in [-0.1, -0.05) is 12.2 Å². The first-order valence-corrected chi connectivity index (χ1v) is 4.71.